The zero-order chi connectivity index (χ0) is 25.8. The van der Waals surface area contributed by atoms with Gasteiger partial charge in [0.05, 0.1) is 15.8 Å². The van der Waals surface area contributed by atoms with Crippen molar-refractivity contribution in [2.45, 2.75) is 0 Å². The molecule has 0 saturated carbocycles. The third-order valence-corrected chi connectivity index (χ3v) is 11.8. The van der Waals surface area contributed by atoms with Gasteiger partial charge in [-0.15, -0.1) is 0 Å². The van der Waals surface area contributed by atoms with Gasteiger partial charge < -0.3 is 0 Å². The molecule has 4 heteroatoms. The van der Waals surface area contributed by atoms with Gasteiger partial charge in [-0.3, -0.25) is 0 Å². The number of rotatable bonds is 6. The molecule has 0 fully saturated rings. The SMILES string of the molecule is [Ni].[Ni].c1ccc([PH+](c2ccccc2)c2ccccc2)cc1.c1ccc([PH+](c2ccccc2)c2ccccc2)cc1. The molecule has 0 aliphatic heterocycles. The molecule has 6 aromatic carbocycles. The van der Waals surface area contributed by atoms with Crippen LogP contribution in [0.2, 0.25) is 0 Å². The maximum atomic E-state index is 2.24. The Bertz CT molecular complexity index is 1180. The van der Waals surface area contributed by atoms with Crippen LogP contribution in [0.1, 0.15) is 0 Å². The summed E-state index contributed by atoms with van der Waals surface area (Å²) in [5, 5.41) is 8.61. The zero-order valence-corrected chi connectivity index (χ0v) is 25.9. The van der Waals surface area contributed by atoms with E-state index in [1.54, 1.807) is 0 Å². The second-order valence-electron chi connectivity index (χ2n) is 8.95. The summed E-state index contributed by atoms with van der Waals surface area (Å²) >= 11 is 0. The van der Waals surface area contributed by atoms with Crippen LogP contribution in [0.25, 0.3) is 0 Å². The molecule has 0 aliphatic rings. The van der Waals surface area contributed by atoms with Crippen molar-refractivity contribution in [3.05, 3.63) is 182 Å². The largest absolute Gasteiger partial charge is 0.102 e. The molecule has 0 nitrogen and oxygen atoms in total. The van der Waals surface area contributed by atoms with E-state index in [1.165, 1.54) is 31.8 Å². The summed E-state index contributed by atoms with van der Waals surface area (Å²) in [6.07, 6.45) is 0. The predicted molar refractivity (Wildman–Crippen MR) is 173 cm³/mol. The summed E-state index contributed by atoms with van der Waals surface area (Å²) < 4.78 is 0. The van der Waals surface area contributed by atoms with Gasteiger partial charge in [-0.2, -0.15) is 0 Å². The van der Waals surface area contributed by atoms with Gasteiger partial charge in [-0.05, 0) is 72.8 Å². The van der Waals surface area contributed by atoms with E-state index in [4.69, 9.17) is 0 Å². The molecule has 0 atom stereocenters. The first-order valence-electron chi connectivity index (χ1n) is 13.0. The molecular formula is C36H32Ni2P2+2. The summed E-state index contributed by atoms with van der Waals surface area (Å²) in [5.41, 5.74) is 0. The molecule has 0 radical (unpaired) electrons. The Morgan fingerprint density at radius 3 is 0.450 bits per heavy atom. The van der Waals surface area contributed by atoms with Crippen LogP contribution in [-0.4, -0.2) is 0 Å². The van der Waals surface area contributed by atoms with Crippen molar-refractivity contribution < 1.29 is 33.0 Å². The third kappa shape index (κ3) is 8.58. The predicted octanol–water partition coefficient (Wildman–Crippen LogP) is 6.35. The Labute approximate surface area is 261 Å². The average molecular weight is 644 g/mol. The van der Waals surface area contributed by atoms with E-state index >= 15 is 0 Å². The summed E-state index contributed by atoms with van der Waals surface area (Å²) in [4.78, 5) is 0. The van der Waals surface area contributed by atoms with Crippen molar-refractivity contribution in [3.8, 4) is 0 Å². The van der Waals surface area contributed by atoms with Gasteiger partial charge in [-0.25, -0.2) is 0 Å². The van der Waals surface area contributed by atoms with Crippen LogP contribution in [0.15, 0.2) is 182 Å². The second kappa shape index (κ2) is 17.1. The Morgan fingerprint density at radius 1 is 0.200 bits per heavy atom. The molecule has 0 amide bonds. The van der Waals surface area contributed by atoms with E-state index in [-0.39, 0.29) is 33.0 Å². The smallest absolute Gasteiger partial charge is 0.0620 e. The van der Waals surface area contributed by atoms with Gasteiger partial charge in [-0.1, -0.05) is 109 Å². The van der Waals surface area contributed by atoms with E-state index in [0.29, 0.717) is 0 Å². The van der Waals surface area contributed by atoms with E-state index in [9.17, 15) is 0 Å². The molecule has 0 aliphatic carbocycles. The standard InChI is InChI=1S/2C18H15P.2Ni/c2*1-4-10-16(11-5-1)19(17-12-6-2-7-13-17)18-14-8-3-9-15-18;;/h2*1-15H;;/p+2. The molecule has 6 aromatic rings. The van der Waals surface area contributed by atoms with Gasteiger partial charge in [0.15, 0.2) is 0 Å². The number of hydrogen-bond acceptors (Lipinski definition) is 0. The molecule has 0 spiro atoms. The Kier molecular flexibility index (Phi) is 13.5. The average Bonchev–Trinajstić information content (AvgIpc) is 3.01. The fraction of sp³-hybridized carbons (Fsp3) is 0. The summed E-state index contributed by atoms with van der Waals surface area (Å²) in [5.74, 6) is 0. The van der Waals surface area contributed by atoms with Gasteiger partial charge >= 0.3 is 0 Å². The Hall–Kier alpha value is -2.83. The first kappa shape index (κ1) is 31.7. The molecule has 0 heterocycles. The molecule has 0 saturated heterocycles. The van der Waals surface area contributed by atoms with Crippen LogP contribution in [0.4, 0.5) is 0 Å². The van der Waals surface area contributed by atoms with Crippen molar-refractivity contribution in [2.24, 2.45) is 0 Å². The minimum absolute atomic E-state index is 0. The van der Waals surface area contributed by atoms with Gasteiger partial charge in [0.2, 0.25) is 0 Å². The molecule has 204 valence electrons. The third-order valence-electron chi connectivity index (χ3n) is 6.37. The van der Waals surface area contributed by atoms with Crippen molar-refractivity contribution in [2.75, 3.05) is 0 Å². The van der Waals surface area contributed by atoms with E-state index < -0.39 is 15.8 Å². The first-order chi connectivity index (χ1) is 18.9. The molecular weight excluding hydrogens is 612 g/mol. The molecule has 0 unspecified atom stereocenters. The maximum Gasteiger partial charge on any atom is 0.102 e. The Morgan fingerprint density at radius 2 is 0.325 bits per heavy atom. The number of hydrogen-bond donors (Lipinski definition) is 0. The zero-order valence-electron chi connectivity index (χ0n) is 22.0. The minimum atomic E-state index is -0.877. The van der Waals surface area contributed by atoms with Gasteiger partial charge in [0.1, 0.15) is 31.8 Å². The molecule has 0 aromatic heterocycles. The number of benzene rings is 6. The van der Waals surface area contributed by atoms with Gasteiger partial charge in [0.25, 0.3) is 0 Å². The maximum absolute atomic E-state index is 2.24. The fourth-order valence-electron chi connectivity index (χ4n) is 4.63. The first-order valence-corrected chi connectivity index (χ1v) is 16.0. The normalized spacial score (nSPS) is 10.1. The van der Waals surface area contributed by atoms with Crippen LogP contribution in [0, 0.1) is 0 Å². The van der Waals surface area contributed by atoms with Crippen molar-refractivity contribution in [1.29, 1.82) is 0 Å². The summed E-state index contributed by atoms with van der Waals surface area (Å²) in [7, 11) is -1.75. The molecule has 40 heavy (non-hydrogen) atoms. The monoisotopic (exact) mass is 642 g/mol. The van der Waals surface area contributed by atoms with Gasteiger partial charge in [0, 0.05) is 33.0 Å². The van der Waals surface area contributed by atoms with E-state index in [0.717, 1.165) is 0 Å². The topological polar surface area (TPSA) is 0 Å². The van der Waals surface area contributed by atoms with Crippen LogP contribution in [0.3, 0.4) is 0 Å². The fourth-order valence-corrected chi connectivity index (χ4v) is 9.78. The Balaban J connectivity index is 0.000000210. The minimum Gasteiger partial charge on any atom is -0.0620 e. The summed E-state index contributed by atoms with van der Waals surface area (Å²) in [6, 6.07) is 65.0. The van der Waals surface area contributed by atoms with Crippen molar-refractivity contribution in [1.82, 2.24) is 0 Å². The molecule has 6 rings (SSSR count). The van der Waals surface area contributed by atoms with Crippen molar-refractivity contribution in [3.63, 3.8) is 0 Å². The second-order valence-corrected chi connectivity index (χ2v) is 13.9. The summed E-state index contributed by atoms with van der Waals surface area (Å²) in [6.45, 7) is 0. The van der Waals surface area contributed by atoms with Crippen LogP contribution in [-0.2, 0) is 33.0 Å². The van der Waals surface area contributed by atoms with Crippen LogP contribution in [0.5, 0.6) is 0 Å². The molecule has 0 bridgehead atoms. The quantitative estimate of drug-likeness (QED) is 0.147. The van der Waals surface area contributed by atoms with Crippen molar-refractivity contribution >= 4 is 47.7 Å². The van der Waals surface area contributed by atoms with Crippen LogP contribution < -0.4 is 31.8 Å². The van der Waals surface area contributed by atoms with Crippen LogP contribution >= 0.6 is 15.8 Å². The van der Waals surface area contributed by atoms with E-state index in [2.05, 4.69) is 182 Å². The van der Waals surface area contributed by atoms with E-state index in [1.807, 2.05) is 0 Å². The molecule has 0 N–H and O–H groups in total.